The Morgan fingerprint density at radius 3 is 2.60 bits per heavy atom. The van der Waals surface area contributed by atoms with Crippen molar-refractivity contribution in [2.75, 3.05) is 7.11 Å². The van der Waals surface area contributed by atoms with Crippen molar-refractivity contribution in [3.05, 3.63) is 33.9 Å². The summed E-state index contributed by atoms with van der Waals surface area (Å²) in [4.78, 5) is 21.6. The maximum absolute atomic E-state index is 11.3. The number of benzene rings is 1. The van der Waals surface area contributed by atoms with Crippen LogP contribution in [-0.2, 0) is 11.3 Å². The van der Waals surface area contributed by atoms with Crippen molar-refractivity contribution in [1.29, 1.82) is 0 Å². The van der Waals surface area contributed by atoms with Gasteiger partial charge in [0.25, 0.3) is 5.69 Å². The van der Waals surface area contributed by atoms with Crippen LogP contribution >= 0.6 is 0 Å². The van der Waals surface area contributed by atoms with Crippen LogP contribution in [0.2, 0.25) is 0 Å². The van der Waals surface area contributed by atoms with Crippen LogP contribution in [0.15, 0.2) is 18.2 Å². The van der Waals surface area contributed by atoms with Crippen LogP contribution < -0.4 is 15.8 Å². The Kier molecular flexibility index (Phi) is 5.45. The minimum absolute atomic E-state index is 0.0252. The largest absolute Gasteiger partial charge is 0.496 e. The third-order valence-electron chi connectivity index (χ3n) is 2.96. The standard InChI is InChI=1S/C13H19N3O4/c1-8(2)12(13(14)17)15-7-9-6-10(16(18)19)4-5-11(9)20-3/h4-6,8,12,15H,7H2,1-3H3,(H2,14,17). The van der Waals surface area contributed by atoms with Crippen molar-refractivity contribution in [1.82, 2.24) is 5.32 Å². The second kappa shape index (κ2) is 6.85. The molecule has 0 saturated carbocycles. The van der Waals surface area contributed by atoms with Crippen LogP contribution in [0.4, 0.5) is 5.69 Å². The maximum atomic E-state index is 11.3. The number of hydrogen-bond acceptors (Lipinski definition) is 5. The zero-order valence-electron chi connectivity index (χ0n) is 11.8. The zero-order chi connectivity index (χ0) is 15.3. The molecule has 0 heterocycles. The molecule has 0 radical (unpaired) electrons. The molecule has 0 aliphatic heterocycles. The van der Waals surface area contributed by atoms with Gasteiger partial charge in [0.05, 0.1) is 18.1 Å². The highest BCUT2D eigenvalue weighted by Gasteiger charge is 2.20. The number of non-ortho nitro benzene ring substituents is 1. The van der Waals surface area contributed by atoms with Gasteiger partial charge in [-0.15, -0.1) is 0 Å². The predicted molar refractivity (Wildman–Crippen MR) is 74.3 cm³/mol. The second-order valence-electron chi connectivity index (χ2n) is 4.76. The molecule has 20 heavy (non-hydrogen) atoms. The fourth-order valence-electron chi connectivity index (χ4n) is 1.90. The van der Waals surface area contributed by atoms with Crippen molar-refractivity contribution in [3.63, 3.8) is 0 Å². The lowest BCUT2D eigenvalue weighted by Gasteiger charge is -2.19. The molecule has 3 N–H and O–H groups in total. The van der Waals surface area contributed by atoms with Crippen molar-refractivity contribution in [2.45, 2.75) is 26.4 Å². The summed E-state index contributed by atoms with van der Waals surface area (Å²) in [6.07, 6.45) is 0. The van der Waals surface area contributed by atoms with Gasteiger partial charge in [0.15, 0.2) is 0 Å². The minimum Gasteiger partial charge on any atom is -0.496 e. The molecule has 1 aromatic rings. The number of nitrogens with one attached hydrogen (secondary N) is 1. The lowest BCUT2D eigenvalue weighted by atomic mass is 10.0. The fourth-order valence-corrected chi connectivity index (χ4v) is 1.90. The highest BCUT2D eigenvalue weighted by Crippen LogP contribution is 2.24. The summed E-state index contributed by atoms with van der Waals surface area (Å²) in [5, 5.41) is 13.8. The number of hydrogen-bond donors (Lipinski definition) is 2. The molecule has 1 aromatic carbocycles. The summed E-state index contributed by atoms with van der Waals surface area (Å²) in [6.45, 7) is 4.00. The smallest absolute Gasteiger partial charge is 0.270 e. The number of carbonyl (C=O) groups excluding carboxylic acids is 1. The molecule has 0 bridgehead atoms. The Bertz CT molecular complexity index is 502. The van der Waals surface area contributed by atoms with Gasteiger partial charge in [-0.3, -0.25) is 14.9 Å². The lowest BCUT2D eigenvalue weighted by Crippen LogP contribution is -2.44. The summed E-state index contributed by atoms with van der Waals surface area (Å²) in [6, 6.07) is 3.82. The van der Waals surface area contributed by atoms with Crippen LogP contribution in [0.25, 0.3) is 0 Å². The molecule has 110 valence electrons. The van der Waals surface area contributed by atoms with Gasteiger partial charge < -0.3 is 15.8 Å². The first-order valence-corrected chi connectivity index (χ1v) is 6.20. The number of carbonyl (C=O) groups is 1. The molecule has 1 unspecified atom stereocenters. The average molecular weight is 281 g/mol. The van der Waals surface area contributed by atoms with Crippen molar-refractivity contribution in [2.24, 2.45) is 11.7 Å². The van der Waals surface area contributed by atoms with Gasteiger partial charge in [-0.05, 0) is 12.0 Å². The number of nitro benzene ring substituents is 1. The van der Waals surface area contributed by atoms with Crippen molar-refractivity contribution < 1.29 is 14.5 Å². The van der Waals surface area contributed by atoms with E-state index < -0.39 is 16.9 Å². The monoisotopic (exact) mass is 281 g/mol. The number of primary amides is 1. The van der Waals surface area contributed by atoms with Gasteiger partial charge in [-0.25, -0.2) is 0 Å². The Labute approximate surface area is 117 Å². The molecule has 0 aliphatic carbocycles. The molecule has 0 aromatic heterocycles. The molecule has 1 amide bonds. The zero-order valence-corrected chi connectivity index (χ0v) is 11.8. The first-order chi connectivity index (χ1) is 9.36. The van der Waals surface area contributed by atoms with Gasteiger partial charge in [0.1, 0.15) is 5.75 Å². The van der Waals surface area contributed by atoms with E-state index in [-0.39, 0.29) is 18.2 Å². The summed E-state index contributed by atoms with van der Waals surface area (Å²) >= 11 is 0. The summed E-state index contributed by atoms with van der Waals surface area (Å²) in [5.41, 5.74) is 5.89. The van der Waals surface area contributed by atoms with E-state index >= 15 is 0 Å². The van der Waals surface area contributed by atoms with Gasteiger partial charge in [-0.1, -0.05) is 13.8 Å². The molecule has 1 atom stereocenters. The summed E-state index contributed by atoms with van der Waals surface area (Å²) < 4.78 is 5.15. The highest BCUT2D eigenvalue weighted by atomic mass is 16.6. The quantitative estimate of drug-likeness (QED) is 0.577. The van der Waals surface area contributed by atoms with Gasteiger partial charge >= 0.3 is 0 Å². The fraction of sp³-hybridized carbons (Fsp3) is 0.462. The van der Waals surface area contributed by atoms with E-state index in [1.165, 1.54) is 25.3 Å². The molecule has 1 rings (SSSR count). The second-order valence-corrected chi connectivity index (χ2v) is 4.76. The Balaban J connectivity index is 2.92. The molecular formula is C13H19N3O4. The number of ether oxygens (including phenoxy) is 1. The van der Waals surface area contributed by atoms with E-state index in [4.69, 9.17) is 10.5 Å². The van der Waals surface area contributed by atoms with Gasteiger partial charge in [-0.2, -0.15) is 0 Å². The van der Waals surface area contributed by atoms with Crippen molar-refractivity contribution >= 4 is 11.6 Å². The normalized spacial score (nSPS) is 12.2. The number of nitrogens with two attached hydrogens (primary N) is 1. The maximum Gasteiger partial charge on any atom is 0.270 e. The van der Waals surface area contributed by atoms with E-state index in [1.807, 2.05) is 13.8 Å². The van der Waals surface area contributed by atoms with E-state index in [9.17, 15) is 14.9 Å². The minimum atomic E-state index is -0.501. The van der Waals surface area contributed by atoms with Crippen LogP contribution in [0.3, 0.4) is 0 Å². The van der Waals surface area contributed by atoms with Gasteiger partial charge in [0, 0.05) is 24.2 Å². The number of amides is 1. The molecule has 7 nitrogen and oxygen atoms in total. The van der Waals surface area contributed by atoms with E-state index in [0.717, 1.165) is 0 Å². The Morgan fingerprint density at radius 2 is 2.15 bits per heavy atom. The molecule has 0 spiro atoms. The van der Waals surface area contributed by atoms with Crippen molar-refractivity contribution in [3.8, 4) is 5.75 Å². The first-order valence-electron chi connectivity index (χ1n) is 6.20. The number of methoxy groups -OCH3 is 1. The molecule has 0 saturated heterocycles. The van der Waals surface area contributed by atoms with E-state index in [1.54, 1.807) is 0 Å². The van der Waals surface area contributed by atoms with Crippen LogP contribution in [0.5, 0.6) is 5.75 Å². The topological polar surface area (TPSA) is 107 Å². The number of nitrogens with zero attached hydrogens (tertiary/aromatic N) is 1. The lowest BCUT2D eigenvalue weighted by molar-refractivity contribution is -0.384. The third-order valence-corrected chi connectivity index (χ3v) is 2.96. The highest BCUT2D eigenvalue weighted by molar-refractivity contribution is 5.80. The molecule has 0 aliphatic rings. The Hall–Kier alpha value is -2.15. The molecule has 0 fully saturated rings. The van der Waals surface area contributed by atoms with Crippen LogP contribution in [-0.4, -0.2) is 24.0 Å². The Morgan fingerprint density at radius 1 is 1.50 bits per heavy atom. The predicted octanol–water partition coefficient (Wildman–Crippen LogP) is 1.20. The molecule has 7 heteroatoms. The molecular weight excluding hydrogens is 262 g/mol. The van der Waals surface area contributed by atoms with Crippen LogP contribution in [0, 0.1) is 16.0 Å². The van der Waals surface area contributed by atoms with Crippen LogP contribution in [0.1, 0.15) is 19.4 Å². The third kappa shape index (κ3) is 3.92. The number of nitro groups is 1. The van der Waals surface area contributed by atoms with E-state index in [2.05, 4.69) is 5.32 Å². The SMILES string of the molecule is COc1ccc([N+](=O)[O-])cc1CNC(C(N)=O)C(C)C. The summed E-state index contributed by atoms with van der Waals surface area (Å²) in [5.74, 6) is 0.0941. The average Bonchev–Trinajstić information content (AvgIpc) is 2.37. The first kappa shape index (κ1) is 15.9. The summed E-state index contributed by atoms with van der Waals surface area (Å²) in [7, 11) is 1.48. The van der Waals surface area contributed by atoms with E-state index in [0.29, 0.717) is 11.3 Å². The number of rotatable bonds is 7. The van der Waals surface area contributed by atoms with Gasteiger partial charge in [0.2, 0.25) is 5.91 Å².